The van der Waals surface area contributed by atoms with Crippen LogP contribution in [-0.4, -0.2) is 23.5 Å². The van der Waals surface area contributed by atoms with Crippen LogP contribution in [-0.2, 0) is 4.79 Å². The molecule has 1 aliphatic rings. The molecule has 3 rings (SSSR count). The largest absolute Gasteiger partial charge is 0.398 e. The normalized spacial score (nSPS) is 18.6. The van der Waals surface area contributed by atoms with Crippen molar-refractivity contribution in [2.45, 2.75) is 12.5 Å². The number of hydrogen-bond acceptors (Lipinski definition) is 4. The van der Waals surface area contributed by atoms with Crippen LogP contribution in [0.5, 0.6) is 0 Å². The van der Waals surface area contributed by atoms with Gasteiger partial charge in [0, 0.05) is 30.2 Å². The van der Waals surface area contributed by atoms with Crippen molar-refractivity contribution in [3.05, 3.63) is 30.2 Å². The van der Waals surface area contributed by atoms with E-state index in [0.717, 1.165) is 0 Å². The van der Waals surface area contributed by atoms with Gasteiger partial charge in [0.2, 0.25) is 5.91 Å². The average Bonchev–Trinajstić information content (AvgIpc) is 2.80. The van der Waals surface area contributed by atoms with Crippen molar-refractivity contribution < 1.29 is 9.18 Å². The first kappa shape index (κ1) is 11.7. The Morgan fingerprint density at radius 3 is 3.11 bits per heavy atom. The van der Waals surface area contributed by atoms with Crippen LogP contribution in [0.4, 0.5) is 15.8 Å². The Morgan fingerprint density at radius 1 is 1.53 bits per heavy atom. The van der Waals surface area contributed by atoms with E-state index in [4.69, 9.17) is 5.73 Å². The van der Waals surface area contributed by atoms with Gasteiger partial charge in [-0.1, -0.05) is 0 Å². The van der Waals surface area contributed by atoms with Crippen LogP contribution in [0.3, 0.4) is 0 Å². The first-order chi connectivity index (χ1) is 9.15. The van der Waals surface area contributed by atoms with Crippen LogP contribution in [0.1, 0.15) is 6.42 Å². The summed E-state index contributed by atoms with van der Waals surface area (Å²) >= 11 is 0. The number of nitrogens with two attached hydrogens (primary N) is 1. The fraction of sp³-hybridized carbons (Fsp3) is 0.231. The van der Waals surface area contributed by atoms with E-state index in [0.29, 0.717) is 35.2 Å². The molecule has 2 aromatic rings. The number of nitrogen functional groups attached to an aromatic ring is 1. The Hall–Kier alpha value is -2.37. The molecule has 1 aromatic carbocycles. The van der Waals surface area contributed by atoms with Crippen molar-refractivity contribution in [2.75, 3.05) is 17.6 Å². The van der Waals surface area contributed by atoms with Crippen LogP contribution < -0.4 is 16.4 Å². The molecule has 98 valence electrons. The van der Waals surface area contributed by atoms with Gasteiger partial charge in [-0.3, -0.25) is 9.78 Å². The highest BCUT2D eigenvalue weighted by Gasteiger charge is 2.23. The second kappa shape index (κ2) is 4.38. The van der Waals surface area contributed by atoms with E-state index in [9.17, 15) is 9.18 Å². The van der Waals surface area contributed by atoms with Gasteiger partial charge in [0.05, 0.1) is 17.2 Å². The minimum Gasteiger partial charge on any atom is -0.398 e. The number of carbonyl (C=O) groups is 1. The number of halogens is 1. The summed E-state index contributed by atoms with van der Waals surface area (Å²) in [7, 11) is 0. The van der Waals surface area contributed by atoms with Crippen molar-refractivity contribution in [1.82, 2.24) is 10.3 Å². The summed E-state index contributed by atoms with van der Waals surface area (Å²) in [5.41, 5.74) is 6.92. The number of amides is 1. The molecule has 0 bridgehead atoms. The Kier molecular flexibility index (Phi) is 2.70. The maximum Gasteiger partial charge on any atom is 0.222 e. The molecule has 19 heavy (non-hydrogen) atoms. The zero-order chi connectivity index (χ0) is 13.4. The Balaban J connectivity index is 2.05. The zero-order valence-electron chi connectivity index (χ0n) is 10.1. The summed E-state index contributed by atoms with van der Waals surface area (Å²) in [6.45, 7) is 0.483. The number of anilines is 2. The summed E-state index contributed by atoms with van der Waals surface area (Å²) in [6, 6.07) is 4.69. The van der Waals surface area contributed by atoms with Gasteiger partial charge in [-0.05, 0) is 18.2 Å². The first-order valence-electron chi connectivity index (χ1n) is 6.01. The standard InChI is InChI=1S/C13H13FN4O/c14-9-5-10(15)8-2-1-3-16-12(8)13(9)18-7-4-11(19)17-6-7/h1-3,5,7,18H,4,6,15H2,(H,17,19). The molecule has 0 spiro atoms. The number of aromatic nitrogens is 1. The number of hydrogen-bond donors (Lipinski definition) is 3. The summed E-state index contributed by atoms with van der Waals surface area (Å²) in [5, 5.41) is 6.43. The predicted molar refractivity (Wildman–Crippen MR) is 71.2 cm³/mol. The van der Waals surface area contributed by atoms with Crippen LogP contribution in [0.2, 0.25) is 0 Å². The molecule has 1 amide bonds. The zero-order valence-corrected chi connectivity index (χ0v) is 10.1. The Labute approximate surface area is 109 Å². The molecule has 1 atom stereocenters. The third-order valence-corrected chi connectivity index (χ3v) is 3.20. The highest BCUT2D eigenvalue weighted by molar-refractivity contribution is 5.98. The molecule has 1 saturated heterocycles. The van der Waals surface area contributed by atoms with Gasteiger partial charge in [0.15, 0.2) is 5.82 Å². The van der Waals surface area contributed by atoms with Crippen molar-refractivity contribution in [1.29, 1.82) is 0 Å². The molecule has 0 radical (unpaired) electrons. The van der Waals surface area contributed by atoms with Crippen molar-refractivity contribution in [3.8, 4) is 0 Å². The van der Waals surface area contributed by atoms with E-state index in [1.807, 2.05) is 0 Å². The van der Waals surface area contributed by atoms with E-state index in [2.05, 4.69) is 15.6 Å². The summed E-state index contributed by atoms with van der Waals surface area (Å²) in [4.78, 5) is 15.3. The maximum atomic E-state index is 14.0. The number of fused-ring (bicyclic) bond motifs is 1. The van der Waals surface area contributed by atoms with Gasteiger partial charge in [-0.2, -0.15) is 0 Å². The highest BCUT2D eigenvalue weighted by atomic mass is 19.1. The quantitative estimate of drug-likeness (QED) is 0.710. The molecule has 5 nitrogen and oxygen atoms in total. The number of nitrogens with zero attached hydrogens (tertiary/aromatic N) is 1. The number of pyridine rings is 1. The van der Waals surface area contributed by atoms with Gasteiger partial charge in [-0.15, -0.1) is 0 Å². The van der Waals surface area contributed by atoms with Crippen molar-refractivity contribution in [3.63, 3.8) is 0 Å². The number of rotatable bonds is 2. The molecule has 0 saturated carbocycles. The number of carbonyl (C=O) groups excluding carboxylic acids is 1. The Morgan fingerprint density at radius 2 is 2.37 bits per heavy atom. The lowest BCUT2D eigenvalue weighted by atomic mass is 10.1. The van der Waals surface area contributed by atoms with Gasteiger partial charge >= 0.3 is 0 Å². The summed E-state index contributed by atoms with van der Waals surface area (Å²) in [5.74, 6) is -0.492. The molecule has 4 N–H and O–H groups in total. The molecule has 1 aromatic heterocycles. The van der Waals surface area contributed by atoms with Gasteiger partial charge in [0.25, 0.3) is 0 Å². The Bertz CT molecular complexity index is 658. The summed E-state index contributed by atoms with van der Waals surface area (Å²) in [6.07, 6.45) is 1.92. The fourth-order valence-electron chi connectivity index (χ4n) is 2.29. The molecule has 2 heterocycles. The average molecular weight is 260 g/mol. The second-order valence-corrected chi connectivity index (χ2v) is 4.57. The van der Waals surface area contributed by atoms with E-state index < -0.39 is 5.82 Å². The highest BCUT2D eigenvalue weighted by Crippen LogP contribution is 2.30. The fourth-order valence-corrected chi connectivity index (χ4v) is 2.29. The van der Waals surface area contributed by atoms with Gasteiger partial charge < -0.3 is 16.4 Å². The van der Waals surface area contributed by atoms with E-state index in [-0.39, 0.29) is 11.9 Å². The number of benzene rings is 1. The van der Waals surface area contributed by atoms with Crippen LogP contribution >= 0.6 is 0 Å². The summed E-state index contributed by atoms with van der Waals surface area (Å²) < 4.78 is 14.0. The molecular weight excluding hydrogens is 247 g/mol. The minimum absolute atomic E-state index is 0.0365. The van der Waals surface area contributed by atoms with E-state index in [1.165, 1.54) is 6.07 Å². The lowest BCUT2D eigenvalue weighted by molar-refractivity contribution is -0.119. The lowest BCUT2D eigenvalue weighted by Crippen LogP contribution is -2.23. The molecule has 1 fully saturated rings. The van der Waals surface area contributed by atoms with Crippen molar-refractivity contribution >= 4 is 28.2 Å². The monoisotopic (exact) mass is 260 g/mol. The molecule has 6 heteroatoms. The van der Waals surface area contributed by atoms with Crippen molar-refractivity contribution in [2.24, 2.45) is 0 Å². The molecule has 0 aliphatic carbocycles. The molecule has 1 unspecified atom stereocenters. The predicted octanol–water partition coefficient (Wildman–Crippen LogP) is 1.26. The lowest BCUT2D eigenvalue weighted by Gasteiger charge is -2.15. The van der Waals surface area contributed by atoms with Gasteiger partial charge in [0.1, 0.15) is 0 Å². The van der Waals surface area contributed by atoms with Crippen LogP contribution in [0.25, 0.3) is 10.9 Å². The third kappa shape index (κ3) is 2.05. The minimum atomic E-state index is -0.456. The second-order valence-electron chi connectivity index (χ2n) is 4.57. The molecular formula is C13H13FN4O. The first-order valence-corrected chi connectivity index (χ1v) is 6.01. The SMILES string of the molecule is Nc1cc(F)c(NC2CNC(=O)C2)c2ncccc12. The van der Waals surface area contributed by atoms with E-state index >= 15 is 0 Å². The van der Waals surface area contributed by atoms with Crippen LogP contribution in [0, 0.1) is 5.82 Å². The van der Waals surface area contributed by atoms with Crippen LogP contribution in [0.15, 0.2) is 24.4 Å². The smallest absolute Gasteiger partial charge is 0.222 e. The third-order valence-electron chi connectivity index (χ3n) is 3.20. The topological polar surface area (TPSA) is 80.0 Å². The number of nitrogens with one attached hydrogen (secondary N) is 2. The van der Waals surface area contributed by atoms with Gasteiger partial charge in [-0.25, -0.2) is 4.39 Å². The maximum absolute atomic E-state index is 14.0. The molecule has 1 aliphatic heterocycles. The van der Waals surface area contributed by atoms with E-state index in [1.54, 1.807) is 18.3 Å².